The maximum atomic E-state index is 10.6. The minimum absolute atomic E-state index is 0.0533. The second-order valence-corrected chi connectivity index (χ2v) is 4.91. The molecule has 0 saturated carbocycles. The van der Waals surface area contributed by atoms with Gasteiger partial charge < -0.3 is 4.74 Å². The minimum atomic E-state index is -0.429. The molecule has 2 aromatic rings. The molecule has 2 rings (SSSR count). The van der Waals surface area contributed by atoms with Crippen LogP contribution in [0.5, 0.6) is 5.75 Å². The average Bonchev–Trinajstić information content (AvgIpc) is 2.59. The number of non-ortho nitro benzene ring substituents is 1. The van der Waals surface area contributed by atoms with Crippen LogP contribution in [0.15, 0.2) is 58.7 Å². The Balaban J connectivity index is 2.20. The summed E-state index contributed by atoms with van der Waals surface area (Å²) in [5, 5.41) is 19.1. The number of nitrogens with zero attached hydrogens (tertiary/aromatic N) is 3. The van der Waals surface area contributed by atoms with Crippen molar-refractivity contribution >= 4 is 17.1 Å². The third-order valence-electron chi connectivity index (χ3n) is 3.33. The van der Waals surface area contributed by atoms with E-state index in [1.54, 1.807) is 19.2 Å². The van der Waals surface area contributed by atoms with Gasteiger partial charge in [-0.25, -0.2) is 0 Å². The zero-order valence-electron chi connectivity index (χ0n) is 13.2. The Morgan fingerprint density at radius 2 is 1.61 bits per heavy atom. The highest BCUT2D eigenvalue weighted by Gasteiger charge is 2.05. The van der Waals surface area contributed by atoms with Crippen molar-refractivity contribution in [2.75, 3.05) is 7.11 Å². The third-order valence-corrected chi connectivity index (χ3v) is 3.33. The van der Waals surface area contributed by atoms with Crippen molar-refractivity contribution < 1.29 is 9.66 Å². The molecule has 0 atom stereocenters. The van der Waals surface area contributed by atoms with Crippen LogP contribution < -0.4 is 4.74 Å². The van der Waals surface area contributed by atoms with Crippen molar-refractivity contribution in [3.63, 3.8) is 0 Å². The van der Waals surface area contributed by atoms with Crippen LogP contribution in [0, 0.1) is 10.1 Å². The molecule has 0 aliphatic carbocycles. The SMILES string of the molecule is COc1cccc(/C(C)=N/N=C(\C)c2ccc([N+](=O)[O-])cc2)c1. The van der Waals surface area contributed by atoms with Crippen LogP contribution in [0.25, 0.3) is 0 Å². The van der Waals surface area contributed by atoms with Crippen molar-refractivity contribution in [2.24, 2.45) is 10.2 Å². The summed E-state index contributed by atoms with van der Waals surface area (Å²) in [4.78, 5) is 10.2. The standard InChI is InChI=1S/C17H17N3O3/c1-12(14-7-9-16(10-8-14)20(21)22)18-19-13(2)15-5-4-6-17(11-15)23-3/h4-11H,1-3H3/b18-12+,19-13+. The Bertz CT molecular complexity index is 765. The number of rotatable bonds is 5. The van der Waals surface area contributed by atoms with Crippen molar-refractivity contribution in [1.29, 1.82) is 0 Å². The molecular weight excluding hydrogens is 294 g/mol. The normalized spacial score (nSPS) is 12.1. The Morgan fingerprint density at radius 1 is 1.00 bits per heavy atom. The molecule has 23 heavy (non-hydrogen) atoms. The van der Waals surface area contributed by atoms with Crippen LogP contribution >= 0.6 is 0 Å². The van der Waals surface area contributed by atoms with Gasteiger partial charge in [-0.15, -0.1) is 0 Å². The van der Waals surface area contributed by atoms with E-state index in [1.165, 1.54) is 12.1 Å². The number of ether oxygens (including phenoxy) is 1. The lowest BCUT2D eigenvalue weighted by molar-refractivity contribution is -0.384. The summed E-state index contributed by atoms with van der Waals surface area (Å²) in [6.07, 6.45) is 0. The van der Waals surface area contributed by atoms with Crippen molar-refractivity contribution in [1.82, 2.24) is 0 Å². The van der Waals surface area contributed by atoms with E-state index in [4.69, 9.17) is 4.74 Å². The molecule has 0 heterocycles. The fourth-order valence-corrected chi connectivity index (χ4v) is 1.94. The monoisotopic (exact) mass is 311 g/mol. The lowest BCUT2D eigenvalue weighted by Crippen LogP contribution is -1.98. The highest BCUT2D eigenvalue weighted by molar-refractivity contribution is 6.01. The van der Waals surface area contributed by atoms with Crippen LogP contribution in [0.2, 0.25) is 0 Å². The molecule has 118 valence electrons. The lowest BCUT2D eigenvalue weighted by atomic mass is 10.1. The van der Waals surface area contributed by atoms with Gasteiger partial charge in [0.15, 0.2) is 0 Å². The smallest absolute Gasteiger partial charge is 0.269 e. The topological polar surface area (TPSA) is 77.1 Å². The first-order valence-corrected chi connectivity index (χ1v) is 6.99. The second-order valence-electron chi connectivity index (χ2n) is 4.91. The molecule has 0 unspecified atom stereocenters. The number of nitro groups is 1. The van der Waals surface area contributed by atoms with Gasteiger partial charge in [0.2, 0.25) is 0 Å². The number of hydrogen-bond acceptors (Lipinski definition) is 5. The summed E-state index contributed by atoms with van der Waals surface area (Å²) in [6.45, 7) is 3.67. The summed E-state index contributed by atoms with van der Waals surface area (Å²) in [6, 6.07) is 13.8. The van der Waals surface area contributed by atoms with Gasteiger partial charge in [0.1, 0.15) is 5.75 Å². The third kappa shape index (κ3) is 4.23. The summed E-state index contributed by atoms with van der Waals surface area (Å²) in [5.41, 5.74) is 3.20. The van der Waals surface area contributed by atoms with Crippen LogP contribution in [-0.2, 0) is 0 Å². The fourth-order valence-electron chi connectivity index (χ4n) is 1.94. The van der Waals surface area contributed by atoms with Crippen molar-refractivity contribution in [2.45, 2.75) is 13.8 Å². The van der Waals surface area contributed by atoms with E-state index in [9.17, 15) is 10.1 Å². The van der Waals surface area contributed by atoms with E-state index in [0.29, 0.717) is 5.71 Å². The highest BCUT2D eigenvalue weighted by Crippen LogP contribution is 2.14. The largest absolute Gasteiger partial charge is 0.497 e. The fraction of sp³-hybridized carbons (Fsp3) is 0.176. The predicted octanol–water partition coefficient (Wildman–Crippen LogP) is 3.84. The number of nitro benzene ring substituents is 1. The quantitative estimate of drug-likeness (QED) is 0.478. The van der Waals surface area contributed by atoms with E-state index >= 15 is 0 Å². The molecule has 0 saturated heterocycles. The molecule has 0 radical (unpaired) electrons. The van der Waals surface area contributed by atoms with Gasteiger partial charge >= 0.3 is 0 Å². The molecule has 6 nitrogen and oxygen atoms in total. The van der Waals surface area contributed by atoms with Gasteiger partial charge in [-0.2, -0.15) is 10.2 Å². The van der Waals surface area contributed by atoms with E-state index in [-0.39, 0.29) is 5.69 Å². The van der Waals surface area contributed by atoms with E-state index < -0.39 is 4.92 Å². The zero-order valence-corrected chi connectivity index (χ0v) is 13.2. The first kappa shape index (κ1) is 16.4. The van der Waals surface area contributed by atoms with E-state index in [2.05, 4.69) is 10.2 Å². The number of methoxy groups -OCH3 is 1. The van der Waals surface area contributed by atoms with Gasteiger partial charge in [0, 0.05) is 17.7 Å². The molecular formula is C17H17N3O3. The highest BCUT2D eigenvalue weighted by atomic mass is 16.6. The second kappa shape index (κ2) is 7.31. The van der Waals surface area contributed by atoms with Crippen molar-refractivity contribution in [3.8, 4) is 5.75 Å². The Labute approximate surface area is 134 Å². The molecule has 0 aliphatic heterocycles. The number of hydrogen-bond donors (Lipinski definition) is 0. The Kier molecular flexibility index (Phi) is 5.19. The average molecular weight is 311 g/mol. The van der Waals surface area contributed by atoms with Crippen molar-refractivity contribution in [3.05, 3.63) is 69.8 Å². The van der Waals surface area contributed by atoms with Gasteiger partial charge in [-0.05, 0) is 43.7 Å². The molecule has 0 N–H and O–H groups in total. The van der Waals surface area contributed by atoms with Crippen LogP contribution in [0.1, 0.15) is 25.0 Å². The first-order valence-electron chi connectivity index (χ1n) is 6.99. The molecule has 0 aromatic heterocycles. The van der Waals surface area contributed by atoms with E-state index in [0.717, 1.165) is 22.6 Å². The van der Waals surface area contributed by atoms with Crippen LogP contribution in [0.4, 0.5) is 5.69 Å². The molecule has 0 fully saturated rings. The lowest BCUT2D eigenvalue weighted by Gasteiger charge is -2.03. The van der Waals surface area contributed by atoms with Gasteiger partial charge in [-0.3, -0.25) is 10.1 Å². The van der Waals surface area contributed by atoms with Gasteiger partial charge in [0.25, 0.3) is 5.69 Å². The maximum absolute atomic E-state index is 10.6. The molecule has 2 aromatic carbocycles. The van der Waals surface area contributed by atoms with Crippen LogP contribution in [0.3, 0.4) is 0 Å². The Morgan fingerprint density at radius 3 is 2.17 bits per heavy atom. The zero-order chi connectivity index (χ0) is 16.8. The summed E-state index contributed by atoms with van der Waals surface area (Å²) in [5.74, 6) is 0.758. The molecule has 0 spiro atoms. The van der Waals surface area contributed by atoms with Crippen LogP contribution in [-0.4, -0.2) is 23.5 Å². The number of benzene rings is 2. The molecule has 0 bridgehead atoms. The summed E-state index contributed by atoms with van der Waals surface area (Å²) < 4.78 is 5.18. The molecule has 0 amide bonds. The summed E-state index contributed by atoms with van der Waals surface area (Å²) in [7, 11) is 1.61. The molecule has 6 heteroatoms. The maximum Gasteiger partial charge on any atom is 0.269 e. The first-order chi connectivity index (χ1) is 11.0. The van der Waals surface area contributed by atoms with Gasteiger partial charge in [0.05, 0.1) is 23.5 Å². The minimum Gasteiger partial charge on any atom is -0.497 e. The van der Waals surface area contributed by atoms with E-state index in [1.807, 2.05) is 38.1 Å². The summed E-state index contributed by atoms with van der Waals surface area (Å²) >= 11 is 0. The predicted molar refractivity (Wildman–Crippen MR) is 90.5 cm³/mol. The Hall–Kier alpha value is -3.02. The molecule has 0 aliphatic rings. The van der Waals surface area contributed by atoms with Gasteiger partial charge in [-0.1, -0.05) is 12.1 Å².